The predicted octanol–water partition coefficient (Wildman–Crippen LogP) is 5.32. The van der Waals surface area contributed by atoms with E-state index in [9.17, 15) is 18.0 Å². The monoisotopic (exact) mass is 339 g/mol. The van der Waals surface area contributed by atoms with Crippen molar-refractivity contribution in [3.8, 4) is 0 Å². The molecule has 120 valence electrons. The number of rotatable bonds is 3. The molecule has 2 rings (SSSR count). The molecule has 1 amide bonds. The van der Waals surface area contributed by atoms with Gasteiger partial charge in [-0.1, -0.05) is 41.4 Å². The van der Waals surface area contributed by atoms with Crippen molar-refractivity contribution < 1.29 is 18.0 Å². The molecular weight excluding hydrogens is 327 g/mol. The van der Waals surface area contributed by atoms with Gasteiger partial charge in [0.2, 0.25) is 5.91 Å². The van der Waals surface area contributed by atoms with Gasteiger partial charge in [0.25, 0.3) is 0 Å². The molecular formula is C17H13ClF3NO. The van der Waals surface area contributed by atoms with Gasteiger partial charge in [-0.15, -0.1) is 0 Å². The van der Waals surface area contributed by atoms with Crippen molar-refractivity contribution in [1.29, 1.82) is 0 Å². The number of nitrogens with one attached hydrogen (secondary N) is 1. The second-order valence-corrected chi connectivity index (χ2v) is 5.33. The Balaban J connectivity index is 2.10. The molecule has 0 heterocycles. The Bertz CT molecular complexity index is 736. The lowest BCUT2D eigenvalue weighted by molar-refractivity contribution is -0.137. The fourth-order valence-electron chi connectivity index (χ4n) is 1.85. The van der Waals surface area contributed by atoms with Gasteiger partial charge >= 0.3 is 6.18 Å². The van der Waals surface area contributed by atoms with Crippen molar-refractivity contribution >= 4 is 29.3 Å². The van der Waals surface area contributed by atoms with Crippen LogP contribution in [0.15, 0.2) is 48.5 Å². The zero-order chi connectivity index (χ0) is 17.0. The standard InChI is InChI=1S/C17H13ClF3NO/c1-11-2-4-12(5-3-11)6-9-16(23)22-13-7-8-15(18)14(10-13)17(19,20)21/h2-10H,1H3,(H,22,23). The summed E-state index contributed by atoms with van der Waals surface area (Å²) in [6, 6.07) is 10.7. The number of hydrogen-bond donors (Lipinski definition) is 1. The van der Waals surface area contributed by atoms with E-state index in [1.54, 1.807) is 6.08 Å². The lowest BCUT2D eigenvalue weighted by Gasteiger charge is -2.11. The Morgan fingerprint density at radius 3 is 2.39 bits per heavy atom. The van der Waals surface area contributed by atoms with Crippen molar-refractivity contribution in [2.75, 3.05) is 5.32 Å². The largest absolute Gasteiger partial charge is 0.417 e. The Morgan fingerprint density at radius 2 is 1.78 bits per heavy atom. The number of hydrogen-bond acceptors (Lipinski definition) is 1. The van der Waals surface area contributed by atoms with E-state index in [1.807, 2.05) is 31.2 Å². The Kier molecular flexibility index (Phi) is 5.11. The van der Waals surface area contributed by atoms with Crippen LogP contribution in [0.25, 0.3) is 6.08 Å². The minimum atomic E-state index is -4.57. The van der Waals surface area contributed by atoms with Crippen LogP contribution < -0.4 is 5.32 Å². The summed E-state index contributed by atoms with van der Waals surface area (Å²) in [5.41, 5.74) is 0.949. The van der Waals surface area contributed by atoms with Crippen LogP contribution in [0.1, 0.15) is 16.7 Å². The van der Waals surface area contributed by atoms with Gasteiger partial charge in [-0.3, -0.25) is 4.79 Å². The van der Waals surface area contributed by atoms with Crippen molar-refractivity contribution in [2.24, 2.45) is 0 Å². The van der Waals surface area contributed by atoms with E-state index in [-0.39, 0.29) is 5.69 Å². The van der Waals surface area contributed by atoms with E-state index < -0.39 is 22.7 Å². The minimum absolute atomic E-state index is 0.0280. The molecule has 0 unspecified atom stereocenters. The highest BCUT2D eigenvalue weighted by molar-refractivity contribution is 6.31. The molecule has 0 saturated heterocycles. The zero-order valence-electron chi connectivity index (χ0n) is 12.1. The molecule has 2 aromatic rings. The first-order chi connectivity index (χ1) is 10.8. The smallest absolute Gasteiger partial charge is 0.322 e. The highest BCUT2D eigenvalue weighted by Crippen LogP contribution is 2.36. The third-order valence-corrected chi connectivity index (χ3v) is 3.37. The third-order valence-electron chi connectivity index (χ3n) is 3.04. The first-order valence-corrected chi connectivity index (χ1v) is 7.06. The van der Waals surface area contributed by atoms with Crippen molar-refractivity contribution in [3.05, 3.63) is 70.3 Å². The maximum absolute atomic E-state index is 12.8. The van der Waals surface area contributed by atoms with Gasteiger partial charge in [0, 0.05) is 11.8 Å². The number of carbonyl (C=O) groups excluding carboxylic acids is 1. The van der Waals surface area contributed by atoms with Crippen molar-refractivity contribution in [2.45, 2.75) is 13.1 Å². The lowest BCUT2D eigenvalue weighted by Crippen LogP contribution is -2.11. The average molecular weight is 340 g/mol. The van der Waals surface area contributed by atoms with Gasteiger partial charge in [-0.05, 0) is 36.8 Å². The molecule has 0 fully saturated rings. The zero-order valence-corrected chi connectivity index (χ0v) is 12.9. The van der Waals surface area contributed by atoms with Gasteiger partial charge in [0.05, 0.1) is 10.6 Å². The molecule has 0 aromatic heterocycles. The second-order valence-electron chi connectivity index (χ2n) is 4.93. The van der Waals surface area contributed by atoms with E-state index in [2.05, 4.69) is 5.32 Å². The highest BCUT2D eigenvalue weighted by atomic mass is 35.5. The maximum Gasteiger partial charge on any atom is 0.417 e. The van der Waals surface area contributed by atoms with Gasteiger partial charge < -0.3 is 5.32 Å². The van der Waals surface area contributed by atoms with Crippen molar-refractivity contribution in [1.82, 2.24) is 0 Å². The third kappa shape index (κ3) is 4.86. The first kappa shape index (κ1) is 17.1. The molecule has 0 atom stereocenters. The first-order valence-electron chi connectivity index (χ1n) is 6.68. The van der Waals surface area contributed by atoms with Crippen LogP contribution in [0.5, 0.6) is 0 Å². The van der Waals surface area contributed by atoms with Gasteiger partial charge in [0.15, 0.2) is 0 Å². The van der Waals surface area contributed by atoms with E-state index in [0.717, 1.165) is 23.3 Å². The van der Waals surface area contributed by atoms with Crippen LogP contribution in [0.3, 0.4) is 0 Å². The van der Waals surface area contributed by atoms with Gasteiger partial charge in [-0.25, -0.2) is 0 Å². The molecule has 0 aliphatic heterocycles. The number of anilines is 1. The number of alkyl halides is 3. The SMILES string of the molecule is Cc1ccc(C=CC(=O)Nc2ccc(Cl)c(C(F)(F)F)c2)cc1. The molecule has 0 aliphatic carbocycles. The number of amides is 1. The van der Waals surface area contributed by atoms with Crippen LogP contribution in [-0.2, 0) is 11.0 Å². The van der Waals surface area contributed by atoms with Crippen LogP contribution in [0.2, 0.25) is 5.02 Å². The van der Waals surface area contributed by atoms with E-state index in [4.69, 9.17) is 11.6 Å². The number of benzene rings is 2. The Labute approximate surface area is 136 Å². The average Bonchev–Trinajstić information content (AvgIpc) is 2.47. The molecule has 0 bridgehead atoms. The maximum atomic E-state index is 12.8. The summed E-state index contributed by atoms with van der Waals surface area (Å²) in [6.45, 7) is 1.94. The summed E-state index contributed by atoms with van der Waals surface area (Å²) < 4.78 is 38.3. The van der Waals surface area contributed by atoms with E-state index >= 15 is 0 Å². The fraction of sp³-hybridized carbons (Fsp3) is 0.118. The summed E-state index contributed by atoms with van der Waals surface area (Å²) in [5, 5.41) is 1.97. The second kappa shape index (κ2) is 6.87. The molecule has 6 heteroatoms. The topological polar surface area (TPSA) is 29.1 Å². The van der Waals surface area contributed by atoms with Crippen LogP contribution >= 0.6 is 11.6 Å². The molecule has 0 radical (unpaired) electrons. The molecule has 23 heavy (non-hydrogen) atoms. The van der Waals surface area contributed by atoms with Crippen LogP contribution in [-0.4, -0.2) is 5.91 Å². The van der Waals surface area contributed by atoms with Gasteiger partial charge in [-0.2, -0.15) is 13.2 Å². The summed E-state index contributed by atoms with van der Waals surface area (Å²) in [4.78, 5) is 11.8. The Morgan fingerprint density at radius 1 is 1.13 bits per heavy atom. The van der Waals surface area contributed by atoms with E-state index in [0.29, 0.717) is 0 Å². The van der Waals surface area contributed by atoms with Crippen molar-refractivity contribution in [3.63, 3.8) is 0 Å². The normalized spacial score (nSPS) is 11.7. The Hall–Kier alpha value is -2.27. The molecule has 0 saturated carbocycles. The molecule has 0 aliphatic rings. The highest BCUT2D eigenvalue weighted by Gasteiger charge is 2.33. The van der Waals surface area contributed by atoms with Crippen LogP contribution in [0, 0.1) is 6.92 Å². The van der Waals surface area contributed by atoms with Crippen LogP contribution in [0.4, 0.5) is 18.9 Å². The summed E-state index contributed by atoms with van der Waals surface area (Å²) in [6.07, 6.45) is -1.74. The number of halogens is 4. The summed E-state index contributed by atoms with van der Waals surface area (Å²) in [5.74, 6) is -0.527. The summed E-state index contributed by atoms with van der Waals surface area (Å²) >= 11 is 5.52. The van der Waals surface area contributed by atoms with Gasteiger partial charge in [0.1, 0.15) is 0 Å². The number of aryl methyl sites for hydroxylation is 1. The molecule has 0 spiro atoms. The predicted molar refractivity (Wildman–Crippen MR) is 85.3 cm³/mol. The molecule has 2 nitrogen and oxygen atoms in total. The quantitative estimate of drug-likeness (QED) is 0.753. The molecule has 1 N–H and O–H groups in total. The molecule has 2 aromatic carbocycles. The summed E-state index contributed by atoms with van der Waals surface area (Å²) in [7, 11) is 0. The lowest BCUT2D eigenvalue weighted by atomic mass is 10.1. The fourth-order valence-corrected chi connectivity index (χ4v) is 2.08. The van der Waals surface area contributed by atoms with E-state index in [1.165, 1.54) is 12.1 Å². The minimum Gasteiger partial charge on any atom is -0.322 e. The number of carbonyl (C=O) groups is 1.